The molecule has 3 aromatic rings. The fraction of sp³-hybridized carbons (Fsp3) is 0.120. The van der Waals surface area contributed by atoms with E-state index in [0.29, 0.717) is 11.3 Å². The number of hydrogen-bond acceptors (Lipinski definition) is 6. The molecule has 0 fully saturated rings. The number of aromatic hydroxyl groups is 1. The molecule has 0 radical (unpaired) electrons. The number of nitrogens with two attached hydrogens (primary N) is 1. The van der Waals surface area contributed by atoms with Crippen LogP contribution >= 0.6 is 0 Å². The first-order chi connectivity index (χ1) is 15.7. The first-order valence-corrected chi connectivity index (χ1v) is 9.95. The molecule has 8 heteroatoms. The van der Waals surface area contributed by atoms with Gasteiger partial charge in [0.1, 0.15) is 17.4 Å². The topological polar surface area (TPSA) is 145 Å². The van der Waals surface area contributed by atoms with Crippen molar-refractivity contribution in [1.82, 2.24) is 10.8 Å². The van der Waals surface area contributed by atoms with Gasteiger partial charge in [0.2, 0.25) is 0 Å². The molecule has 0 aliphatic carbocycles. The maximum Gasteiger partial charge on any atom is 0.269 e. The summed E-state index contributed by atoms with van der Waals surface area (Å²) in [6.45, 7) is 1.31. The zero-order valence-electron chi connectivity index (χ0n) is 17.7. The van der Waals surface area contributed by atoms with Crippen LogP contribution in [0, 0.1) is 11.8 Å². The molecule has 2 atom stereocenters. The summed E-state index contributed by atoms with van der Waals surface area (Å²) in [5, 5.41) is 32.0. The van der Waals surface area contributed by atoms with E-state index < -0.39 is 23.5 Å². The summed E-state index contributed by atoms with van der Waals surface area (Å²) in [6, 6.07) is 17.5. The number of benzene rings is 3. The molecule has 1 unspecified atom stereocenters. The predicted octanol–water partition coefficient (Wildman–Crippen LogP) is 1.89. The van der Waals surface area contributed by atoms with Gasteiger partial charge in [-0.15, -0.1) is 0 Å². The zero-order chi connectivity index (χ0) is 24.0. The standard InChI is InChI=1S/C25H23N3O5/c1-25(32,19-10-14-21(29)15-11-19)22(24(31)28-33)27-23(30)18-8-4-16(5-9-18)2-3-17-6-12-20(26)13-7-17/h4-15,22,29,32-33H,26H2,1H3,(H,27,30)(H,28,31)/t22?,25-/m1/s1. The average Bonchev–Trinajstić information content (AvgIpc) is 2.82. The van der Waals surface area contributed by atoms with Crippen LogP contribution in [0.1, 0.15) is 34.0 Å². The summed E-state index contributed by atoms with van der Waals surface area (Å²) in [4.78, 5) is 25.0. The van der Waals surface area contributed by atoms with Gasteiger partial charge in [-0.05, 0) is 73.2 Å². The van der Waals surface area contributed by atoms with E-state index in [0.717, 1.165) is 5.56 Å². The molecule has 0 aromatic heterocycles. The Kier molecular flexibility index (Phi) is 6.98. The number of amides is 2. The smallest absolute Gasteiger partial charge is 0.269 e. The number of carbonyl (C=O) groups excluding carboxylic acids is 2. The molecule has 0 aliphatic rings. The minimum absolute atomic E-state index is 0.0265. The maximum atomic E-state index is 12.8. The van der Waals surface area contributed by atoms with Crippen LogP contribution < -0.4 is 16.5 Å². The Balaban J connectivity index is 1.78. The molecule has 7 N–H and O–H groups in total. The van der Waals surface area contributed by atoms with Crippen LogP contribution in [-0.2, 0) is 10.4 Å². The van der Waals surface area contributed by atoms with Gasteiger partial charge in [0.15, 0.2) is 0 Å². The van der Waals surface area contributed by atoms with Gasteiger partial charge >= 0.3 is 0 Å². The van der Waals surface area contributed by atoms with E-state index in [4.69, 9.17) is 10.9 Å². The number of aliphatic hydroxyl groups is 1. The lowest BCUT2D eigenvalue weighted by atomic mass is 9.87. The van der Waals surface area contributed by atoms with E-state index in [1.165, 1.54) is 48.8 Å². The lowest BCUT2D eigenvalue weighted by Crippen LogP contribution is -2.57. The maximum absolute atomic E-state index is 12.8. The van der Waals surface area contributed by atoms with E-state index in [9.17, 15) is 19.8 Å². The summed E-state index contributed by atoms with van der Waals surface area (Å²) >= 11 is 0. The molecule has 0 heterocycles. The van der Waals surface area contributed by atoms with Gasteiger partial charge in [-0.25, -0.2) is 5.48 Å². The zero-order valence-corrected chi connectivity index (χ0v) is 17.7. The Morgan fingerprint density at radius 3 is 1.94 bits per heavy atom. The van der Waals surface area contributed by atoms with Crippen molar-refractivity contribution in [3.63, 3.8) is 0 Å². The first-order valence-electron chi connectivity index (χ1n) is 9.95. The lowest BCUT2D eigenvalue weighted by molar-refractivity contribution is -0.138. The summed E-state index contributed by atoms with van der Waals surface area (Å²) in [5.41, 5.74) is 7.82. The Morgan fingerprint density at radius 1 is 0.909 bits per heavy atom. The van der Waals surface area contributed by atoms with Crippen LogP contribution in [0.3, 0.4) is 0 Å². The van der Waals surface area contributed by atoms with Crippen LogP contribution in [0.5, 0.6) is 5.75 Å². The molecule has 0 bridgehead atoms. The predicted molar refractivity (Wildman–Crippen MR) is 122 cm³/mol. The first kappa shape index (κ1) is 23.3. The van der Waals surface area contributed by atoms with Crippen molar-refractivity contribution in [3.8, 4) is 17.6 Å². The molecule has 0 spiro atoms. The third-order valence-electron chi connectivity index (χ3n) is 5.07. The fourth-order valence-corrected chi connectivity index (χ4v) is 3.12. The van der Waals surface area contributed by atoms with Crippen molar-refractivity contribution in [2.75, 3.05) is 5.73 Å². The van der Waals surface area contributed by atoms with Crippen molar-refractivity contribution >= 4 is 17.5 Å². The summed E-state index contributed by atoms with van der Waals surface area (Å²) in [6.07, 6.45) is 0. The molecule has 2 amide bonds. The van der Waals surface area contributed by atoms with Crippen molar-refractivity contribution in [1.29, 1.82) is 0 Å². The van der Waals surface area contributed by atoms with Gasteiger partial charge in [0.05, 0.1) is 0 Å². The van der Waals surface area contributed by atoms with Gasteiger partial charge in [0, 0.05) is 22.4 Å². The quantitative estimate of drug-likeness (QED) is 0.153. The Hall–Kier alpha value is -4.32. The van der Waals surface area contributed by atoms with Crippen LogP contribution in [0.2, 0.25) is 0 Å². The van der Waals surface area contributed by atoms with E-state index in [-0.39, 0.29) is 16.9 Å². The molecule has 3 aromatic carbocycles. The molecule has 8 nitrogen and oxygen atoms in total. The molecule has 33 heavy (non-hydrogen) atoms. The van der Waals surface area contributed by atoms with Crippen LogP contribution in [-0.4, -0.2) is 33.3 Å². The highest BCUT2D eigenvalue weighted by atomic mass is 16.5. The summed E-state index contributed by atoms with van der Waals surface area (Å²) in [5.74, 6) is 4.31. The van der Waals surface area contributed by atoms with Crippen LogP contribution in [0.4, 0.5) is 5.69 Å². The SMILES string of the molecule is C[C@@](O)(c1ccc(O)cc1)C(NC(=O)c1ccc(C#Cc2ccc(N)cc2)cc1)C(=O)NO. The summed E-state index contributed by atoms with van der Waals surface area (Å²) < 4.78 is 0. The van der Waals surface area contributed by atoms with Crippen molar-refractivity contribution in [2.45, 2.75) is 18.6 Å². The fourth-order valence-electron chi connectivity index (χ4n) is 3.12. The Morgan fingerprint density at radius 2 is 1.42 bits per heavy atom. The van der Waals surface area contributed by atoms with Gasteiger partial charge < -0.3 is 21.3 Å². The molecule has 3 rings (SSSR count). The average molecular weight is 445 g/mol. The molecular formula is C25H23N3O5. The van der Waals surface area contributed by atoms with E-state index in [1.54, 1.807) is 36.4 Å². The summed E-state index contributed by atoms with van der Waals surface area (Å²) in [7, 11) is 0. The van der Waals surface area contributed by atoms with Gasteiger partial charge in [-0.1, -0.05) is 24.0 Å². The third-order valence-corrected chi connectivity index (χ3v) is 5.07. The van der Waals surface area contributed by atoms with E-state index in [2.05, 4.69) is 17.2 Å². The number of rotatable bonds is 5. The number of hydrogen-bond donors (Lipinski definition) is 6. The number of hydroxylamine groups is 1. The molecule has 0 saturated heterocycles. The monoisotopic (exact) mass is 445 g/mol. The van der Waals surface area contributed by atoms with Gasteiger partial charge in [-0.3, -0.25) is 14.8 Å². The van der Waals surface area contributed by atoms with Crippen LogP contribution in [0.15, 0.2) is 72.8 Å². The van der Waals surface area contributed by atoms with Crippen LogP contribution in [0.25, 0.3) is 0 Å². The third kappa shape index (κ3) is 5.68. The molecular weight excluding hydrogens is 422 g/mol. The number of phenolic OH excluding ortho intramolecular Hbond substituents is 1. The Bertz CT molecular complexity index is 1190. The van der Waals surface area contributed by atoms with Gasteiger partial charge in [-0.2, -0.15) is 0 Å². The van der Waals surface area contributed by atoms with Crippen molar-refractivity contribution in [2.24, 2.45) is 0 Å². The second kappa shape index (κ2) is 9.87. The number of nitrogens with one attached hydrogen (secondary N) is 2. The van der Waals surface area contributed by atoms with Gasteiger partial charge in [0.25, 0.3) is 11.8 Å². The second-order valence-corrected chi connectivity index (χ2v) is 7.53. The highest BCUT2D eigenvalue weighted by Crippen LogP contribution is 2.27. The minimum atomic E-state index is -1.89. The minimum Gasteiger partial charge on any atom is -0.508 e. The van der Waals surface area contributed by atoms with E-state index >= 15 is 0 Å². The van der Waals surface area contributed by atoms with Crippen molar-refractivity contribution < 1.29 is 25.0 Å². The highest BCUT2D eigenvalue weighted by molar-refractivity contribution is 5.98. The number of anilines is 1. The lowest BCUT2D eigenvalue weighted by Gasteiger charge is -2.32. The second-order valence-electron chi connectivity index (χ2n) is 7.53. The number of phenols is 1. The van der Waals surface area contributed by atoms with Crippen molar-refractivity contribution in [3.05, 3.63) is 95.1 Å². The Labute approximate surface area is 190 Å². The van der Waals surface area contributed by atoms with E-state index in [1.807, 2.05) is 0 Å². The molecule has 0 saturated carbocycles. The highest BCUT2D eigenvalue weighted by Gasteiger charge is 2.40. The molecule has 0 aliphatic heterocycles. The normalized spacial score (nSPS) is 13.1. The molecule has 168 valence electrons. The number of nitrogen functional groups attached to an aromatic ring is 1. The number of carbonyl (C=O) groups is 2. The largest absolute Gasteiger partial charge is 0.508 e.